The number of allylic oxidation sites excluding steroid dienone is 2. The van der Waals surface area contributed by atoms with E-state index in [4.69, 9.17) is 11.6 Å². The number of carbonyl (C=O) groups excluding carboxylic acids is 2. The first-order valence-corrected chi connectivity index (χ1v) is 8.69. The van der Waals surface area contributed by atoms with Gasteiger partial charge in [0.25, 0.3) is 5.69 Å². The summed E-state index contributed by atoms with van der Waals surface area (Å²) in [5, 5.41) is 11.1. The Balaban J connectivity index is 1.76. The van der Waals surface area contributed by atoms with Crippen LogP contribution in [0, 0.1) is 33.8 Å². The zero-order chi connectivity index (χ0) is 18.0. The summed E-state index contributed by atoms with van der Waals surface area (Å²) in [7, 11) is 0. The molecule has 2 amide bonds. The van der Waals surface area contributed by atoms with E-state index >= 15 is 0 Å². The Morgan fingerprint density at radius 1 is 1.16 bits per heavy atom. The number of anilines is 1. The summed E-state index contributed by atoms with van der Waals surface area (Å²) in [5.41, 5.74) is 2.41. The molecule has 0 spiro atoms. The molecule has 0 unspecified atom stereocenters. The monoisotopic (exact) mass is 360 g/mol. The lowest BCUT2D eigenvalue weighted by Gasteiger charge is -2.19. The summed E-state index contributed by atoms with van der Waals surface area (Å²) in [6.45, 7) is 4.08. The van der Waals surface area contributed by atoms with E-state index < -0.39 is 4.92 Å². The van der Waals surface area contributed by atoms with Crippen molar-refractivity contribution < 1.29 is 14.5 Å². The third kappa shape index (κ3) is 2.10. The molecule has 2 bridgehead atoms. The van der Waals surface area contributed by atoms with Gasteiger partial charge in [-0.1, -0.05) is 22.7 Å². The van der Waals surface area contributed by atoms with Crippen LogP contribution in [0.3, 0.4) is 0 Å². The number of nitro groups is 1. The van der Waals surface area contributed by atoms with E-state index in [1.54, 1.807) is 0 Å². The maximum absolute atomic E-state index is 13.0. The first kappa shape index (κ1) is 16.3. The van der Waals surface area contributed by atoms with Crippen LogP contribution in [0.1, 0.15) is 26.7 Å². The summed E-state index contributed by atoms with van der Waals surface area (Å²) >= 11 is 5.84. The van der Waals surface area contributed by atoms with Gasteiger partial charge >= 0.3 is 0 Å². The topological polar surface area (TPSA) is 80.5 Å². The Bertz CT molecular complexity index is 827. The molecule has 25 heavy (non-hydrogen) atoms. The fourth-order valence-corrected chi connectivity index (χ4v) is 5.21. The lowest BCUT2D eigenvalue weighted by molar-refractivity contribution is -0.384. The van der Waals surface area contributed by atoms with Crippen LogP contribution in [0.15, 0.2) is 29.3 Å². The van der Waals surface area contributed by atoms with Crippen molar-refractivity contribution in [1.82, 2.24) is 0 Å². The van der Waals surface area contributed by atoms with Crippen LogP contribution in [-0.2, 0) is 9.59 Å². The lowest BCUT2D eigenvalue weighted by Crippen LogP contribution is -2.33. The number of nitrogens with zero attached hydrogens (tertiary/aromatic N) is 2. The minimum atomic E-state index is -0.608. The van der Waals surface area contributed by atoms with Gasteiger partial charge < -0.3 is 0 Å². The van der Waals surface area contributed by atoms with Crippen LogP contribution in [0.5, 0.6) is 0 Å². The molecular formula is C18H17ClN2O4. The number of halogens is 1. The Morgan fingerprint density at radius 2 is 1.72 bits per heavy atom. The van der Waals surface area contributed by atoms with Crippen molar-refractivity contribution in [2.24, 2.45) is 23.7 Å². The van der Waals surface area contributed by atoms with Crippen molar-refractivity contribution in [1.29, 1.82) is 0 Å². The number of benzene rings is 1. The standard InChI is InChI=1S/C18H17ClN2O4/c1-8(2)14-10-4-5-11(14)16-15(10)17(22)20(18(16)23)9-3-6-12(19)13(7-9)21(24)25/h3,6-7,10-11,15-16H,4-5H2,1-2H3/t10-,11-,15-,16-/m1/s1. The molecule has 0 aromatic heterocycles. The number of carbonyl (C=O) groups is 2. The molecule has 1 aromatic carbocycles. The van der Waals surface area contributed by atoms with Crippen molar-refractivity contribution >= 4 is 34.8 Å². The second kappa shape index (κ2) is 5.39. The highest BCUT2D eigenvalue weighted by molar-refractivity contribution is 6.33. The molecule has 1 saturated heterocycles. The number of rotatable bonds is 2. The summed E-state index contributed by atoms with van der Waals surface area (Å²) in [6.07, 6.45) is 1.86. The quantitative estimate of drug-likeness (QED) is 0.348. The zero-order valence-electron chi connectivity index (χ0n) is 13.9. The molecule has 1 aromatic rings. The number of hydrogen-bond donors (Lipinski definition) is 0. The van der Waals surface area contributed by atoms with Gasteiger partial charge in [-0.05, 0) is 50.7 Å². The van der Waals surface area contributed by atoms with Gasteiger partial charge in [0, 0.05) is 6.07 Å². The summed E-state index contributed by atoms with van der Waals surface area (Å²) < 4.78 is 0. The van der Waals surface area contributed by atoms with Crippen molar-refractivity contribution in [2.45, 2.75) is 26.7 Å². The molecular weight excluding hydrogens is 344 g/mol. The molecule has 2 aliphatic carbocycles. The van der Waals surface area contributed by atoms with Crippen LogP contribution in [0.4, 0.5) is 11.4 Å². The van der Waals surface area contributed by atoms with Gasteiger partial charge in [0.05, 0.1) is 22.4 Å². The van der Waals surface area contributed by atoms with Crippen LogP contribution in [0.25, 0.3) is 0 Å². The fourth-order valence-electron chi connectivity index (χ4n) is 5.03. The molecule has 3 fully saturated rings. The van der Waals surface area contributed by atoms with E-state index in [0.29, 0.717) is 0 Å². The lowest BCUT2D eigenvalue weighted by atomic mass is 9.81. The maximum Gasteiger partial charge on any atom is 0.289 e. The van der Waals surface area contributed by atoms with Gasteiger partial charge in [-0.15, -0.1) is 0 Å². The first-order valence-electron chi connectivity index (χ1n) is 8.32. The van der Waals surface area contributed by atoms with Crippen molar-refractivity contribution in [3.63, 3.8) is 0 Å². The molecule has 1 aliphatic heterocycles. The van der Waals surface area contributed by atoms with Crippen molar-refractivity contribution in [3.8, 4) is 0 Å². The van der Waals surface area contributed by atoms with Gasteiger partial charge in [0.15, 0.2) is 0 Å². The maximum atomic E-state index is 13.0. The van der Waals surface area contributed by atoms with Gasteiger partial charge in [0.1, 0.15) is 5.02 Å². The molecule has 4 atom stereocenters. The van der Waals surface area contributed by atoms with Gasteiger partial charge in [0.2, 0.25) is 11.8 Å². The van der Waals surface area contributed by atoms with E-state index in [2.05, 4.69) is 0 Å². The minimum Gasteiger partial charge on any atom is -0.274 e. The third-order valence-electron chi connectivity index (χ3n) is 5.81. The van der Waals surface area contributed by atoms with Crippen molar-refractivity contribution in [3.05, 3.63) is 44.5 Å². The third-order valence-corrected chi connectivity index (χ3v) is 6.13. The largest absolute Gasteiger partial charge is 0.289 e. The summed E-state index contributed by atoms with van der Waals surface area (Å²) in [4.78, 5) is 37.6. The molecule has 2 saturated carbocycles. The second-order valence-corrected chi connectivity index (χ2v) is 7.61. The van der Waals surface area contributed by atoms with E-state index in [1.165, 1.54) is 29.3 Å². The summed E-state index contributed by atoms with van der Waals surface area (Å²) in [5.74, 6) is -0.876. The molecule has 1 heterocycles. The predicted octanol–water partition coefficient (Wildman–Crippen LogP) is 3.73. The Labute approximate surface area is 149 Å². The fraction of sp³-hybridized carbons (Fsp3) is 0.444. The van der Waals surface area contributed by atoms with Gasteiger partial charge in [-0.2, -0.15) is 0 Å². The molecule has 3 aliphatic rings. The minimum absolute atomic E-state index is 0.0139. The van der Waals surface area contributed by atoms with E-state index in [9.17, 15) is 19.7 Å². The Morgan fingerprint density at radius 3 is 2.20 bits per heavy atom. The average molecular weight is 361 g/mol. The Hall–Kier alpha value is -2.21. The van der Waals surface area contributed by atoms with Crippen LogP contribution in [-0.4, -0.2) is 16.7 Å². The van der Waals surface area contributed by atoms with E-state index in [0.717, 1.165) is 17.7 Å². The molecule has 130 valence electrons. The van der Waals surface area contributed by atoms with Crippen LogP contribution >= 0.6 is 11.6 Å². The number of nitro benzene ring substituents is 1. The van der Waals surface area contributed by atoms with Crippen LogP contribution in [0.2, 0.25) is 5.02 Å². The Kier molecular flexibility index (Phi) is 3.51. The normalized spacial score (nSPS) is 30.2. The number of hydrogen-bond acceptors (Lipinski definition) is 4. The summed E-state index contributed by atoms with van der Waals surface area (Å²) in [6, 6.07) is 4.07. The predicted molar refractivity (Wildman–Crippen MR) is 92.2 cm³/mol. The smallest absolute Gasteiger partial charge is 0.274 e. The highest BCUT2D eigenvalue weighted by Crippen LogP contribution is 2.60. The first-order chi connectivity index (χ1) is 11.8. The highest BCUT2D eigenvalue weighted by atomic mass is 35.5. The van der Waals surface area contributed by atoms with E-state index in [1.807, 2.05) is 13.8 Å². The highest BCUT2D eigenvalue weighted by Gasteiger charge is 2.63. The molecule has 0 radical (unpaired) electrons. The average Bonchev–Trinajstić information content (AvgIpc) is 3.18. The zero-order valence-corrected chi connectivity index (χ0v) is 14.6. The SMILES string of the molecule is CC(C)=C1[C@H]2CC[C@H]1[C@H]1C(=O)N(c3ccc(Cl)c([N+](=O)[O-])c3)C(=O)[C@@H]12. The van der Waals surface area contributed by atoms with Crippen molar-refractivity contribution in [2.75, 3.05) is 4.90 Å². The number of fused-ring (bicyclic) bond motifs is 5. The molecule has 7 heteroatoms. The molecule has 0 N–H and O–H groups in total. The second-order valence-electron chi connectivity index (χ2n) is 7.20. The van der Waals surface area contributed by atoms with Gasteiger partial charge in [-0.25, -0.2) is 4.90 Å². The van der Waals surface area contributed by atoms with Crippen LogP contribution < -0.4 is 4.90 Å². The molecule has 6 nitrogen and oxygen atoms in total. The number of amides is 2. The molecule has 4 rings (SSSR count). The van der Waals surface area contributed by atoms with E-state index in [-0.39, 0.29) is 51.9 Å². The van der Waals surface area contributed by atoms with Gasteiger partial charge in [-0.3, -0.25) is 19.7 Å². The number of imide groups is 1.